The van der Waals surface area contributed by atoms with Crippen molar-refractivity contribution in [2.75, 3.05) is 0 Å². The fourth-order valence-corrected chi connectivity index (χ4v) is 6.71. The second kappa shape index (κ2) is 9.37. The number of aliphatic hydroxyl groups excluding tert-OH is 2. The molecule has 174 valence electrons. The molecule has 0 spiro atoms. The Morgan fingerprint density at radius 2 is 1.90 bits per heavy atom. The van der Waals surface area contributed by atoms with Crippen LogP contribution in [-0.2, 0) is 0 Å². The lowest BCUT2D eigenvalue weighted by Gasteiger charge is -2.44. The van der Waals surface area contributed by atoms with Gasteiger partial charge in [-0.25, -0.2) is 0 Å². The molecule has 0 saturated heterocycles. The third kappa shape index (κ3) is 5.26. The summed E-state index contributed by atoms with van der Waals surface area (Å²) < 4.78 is 0. The van der Waals surface area contributed by atoms with Crippen LogP contribution in [0.4, 0.5) is 0 Å². The molecule has 3 aliphatic carbocycles. The number of hydrogen-bond donors (Lipinski definition) is 3. The standard InChI is InChI=1S/C28H44O3/c1-18(9-7-15-27(4,5)31)23-13-14-24-21(10-8-16-28(23,24)6)11-12-22-17-25(29)20(3)26(30)19(22)2/h11-12,18,23-26,29-31H,2-3,7-10,13-17H2,1,4-6H3/b21-11-,22-12-/t18-,23+,24-,25+,26+,28+/m0/s1. The summed E-state index contributed by atoms with van der Waals surface area (Å²) in [6, 6.07) is 0. The number of hydrogen-bond acceptors (Lipinski definition) is 3. The van der Waals surface area contributed by atoms with Gasteiger partial charge in [-0.2, -0.15) is 0 Å². The Hall–Kier alpha value is -1.16. The molecule has 0 unspecified atom stereocenters. The van der Waals surface area contributed by atoms with Crippen LogP contribution in [0.2, 0.25) is 0 Å². The van der Waals surface area contributed by atoms with Crippen LogP contribution in [0, 0.1) is 23.2 Å². The zero-order chi connectivity index (χ0) is 23.0. The molecule has 6 atom stereocenters. The maximum atomic E-state index is 10.3. The van der Waals surface area contributed by atoms with Gasteiger partial charge in [0, 0.05) is 6.42 Å². The minimum atomic E-state index is -0.842. The van der Waals surface area contributed by atoms with Crippen LogP contribution < -0.4 is 0 Å². The highest BCUT2D eigenvalue weighted by Gasteiger charge is 2.50. The van der Waals surface area contributed by atoms with E-state index >= 15 is 0 Å². The number of fused-ring (bicyclic) bond motifs is 1. The van der Waals surface area contributed by atoms with E-state index in [1.54, 1.807) is 0 Å². The van der Waals surface area contributed by atoms with E-state index in [4.69, 9.17) is 0 Å². The minimum Gasteiger partial charge on any atom is -0.390 e. The van der Waals surface area contributed by atoms with E-state index in [9.17, 15) is 15.3 Å². The fourth-order valence-electron chi connectivity index (χ4n) is 6.71. The van der Waals surface area contributed by atoms with E-state index in [0.29, 0.717) is 34.8 Å². The van der Waals surface area contributed by atoms with Gasteiger partial charge in [0.15, 0.2) is 0 Å². The average molecular weight is 429 g/mol. The molecule has 0 aromatic rings. The highest BCUT2D eigenvalue weighted by molar-refractivity contribution is 5.45. The first-order chi connectivity index (χ1) is 14.4. The molecule has 0 aromatic heterocycles. The Morgan fingerprint density at radius 1 is 1.19 bits per heavy atom. The molecule has 31 heavy (non-hydrogen) atoms. The van der Waals surface area contributed by atoms with Gasteiger partial charge in [0.1, 0.15) is 6.10 Å². The molecule has 0 aliphatic heterocycles. The van der Waals surface area contributed by atoms with Crippen LogP contribution in [-0.4, -0.2) is 33.1 Å². The molecular weight excluding hydrogens is 384 g/mol. The molecule has 0 aromatic carbocycles. The minimum absolute atomic E-state index is 0.355. The topological polar surface area (TPSA) is 60.7 Å². The van der Waals surface area contributed by atoms with Crippen molar-refractivity contribution in [2.24, 2.45) is 23.2 Å². The maximum absolute atomic E-state index is 10.3. The fraction of sp³-hybridized carbons (Fsp3) is 0.714. The summed E-state index contributed by atoms with van der Waals surface area (Å²) in [4.78, 5) is 0. The van der Waals surface area contributed by atoms with Gasteiger partial charge in [0.2, 0.25) is 0 Å². The van der Waals surface area contributed by atoms with Crippen LogP contribution in [0.5, 0.6) is 0 Å². The zero-order valence-electron chi connectivity index (χ0n) is 20.2. The van der Waals surface area contributed by atoms with Crippen LogP contribution in [0.1, 0.15) is 85.5 Å². The second-order valence-corrected chi connectivity index (χ2v) is 11.4. The first kappa shape index (κ1) is 24.5. The summed E-state index contributed by atoms with van der Waals surface area (Å²) in [5.74, 6) is 2.05. The first-order valence-electron chi connectivity index (χ1n) is 12.3. The van der Waals surface area contributed by atoms with E-state index in [2.05, 4.69) is 39.2 Å². The normalized spacial score (nSPS) is 38.0. The van der Waals surface area contributed by atoms with Crippen LogP contribution in [0.25, 0.3) is 0 Å². The first-order valence-corrected chi connectivity index (χ1v) is 12.3. The molecule has 0 amide bonds. The summed E-state index contributed by atoms with van der Waals surface area (Å²) in [6.07, 6.45) is 12.7. The van der Waals surface area contributed by atoms with Crippen molar-refractivity contribution in [1.82, 2.24) is 0 Å². The highest BCUT2D eigenvalue weighted by atomic mass is 16.3. The van der Waals surface area contributed by atoms with Crippen molar-refractivity contribution < 1.29 is 15.3 Å². The number of allylic oxidation sites excluding steroid dienone is 3. The lowest BCUT2D eigenvalue weighted by molar-refractivity contribution is 0.0596. The van der Waals surface area contributed by atoms with E-state index < -0.39 is 17.8 Å². The van der Waals surface area contributed by atoms with E-state index in [0.717, 1.165) is 30.8 Å². The number of aliphatic hydroxyl groups is 3. The van der Waals surface area contributed by atoms with Crippen molar-refractivity contribution in [3.8, 4) is 0 Å². The second-order valence-electron chi connectivity index (χ2n) is 11.4. The van der Waals surface area contributed by atoms with Gasteiger partial charge >= 0.3 is 0 Å². The van der Waals surface area contributed by atoms with Crippen molar-refractivity contribution in [2.45, 2.75) is 103 Å². The summed E-state index contributed by atoms with van der Waals surface area (Å²) in [7, 11) is 0. The summed E-state index contributed by atoms with van der Waals surface area (Å²) >= 11 is 0. The number of rotatable bonds is 6. The monoisotopic (exact) mass is 428 g/mol. The predicted octanol–water partition coefficient (Wildman–Crippen LogP) is 5.87. The lowest BCUT2D eigenvalue weighted by Crippen LogP contribution is -2.36. The zero-order valence-corrected chi connectivity index (χ0v) is 20.2. The Balaban J connectivity index is 1.72. The molecule has 3 N–H and O–H groups in total. The van der Waals surface area contributed by atoms with Crippen molar-refractivity contribution in [1.29, 1.82) is 0 Å². The predicted molar refractivity (Wildman–Crippen MR) is 129 cm³/mol. The van der Waals surface area contributed by atoms with Crippen molar-refractivity contribution >= 4 is 0 Å². The Labute approximate surface area is 189 Å². The van der Waals surface area contributed by atoms with Crippen molar-refractivity contribution in [3.63, 3.8) is 0 Å². The molecule has 3 saturated carbocycles. The molecule has 0 heterocycles. The smallest absolute Gasteiger partial charge is 0.102 e. The third-order valence-corrected chi connectivity index (χ3v) is 8.61. The van der Waals surface area contributed by atoms with Gasteiger partial charge in [-0.3, -0.25) is 0 Å². The average Bonchev–Trinajstić information content (AvgIpc) is 3.04. The van der Waals surface area contributed by atoms with Crippen LogP contribution in [0.15, 0.2) is 47.6 Å². The Bertz CT molecular complexity index is 753. The molecule has 3 heteroatoms. The Kier molecular flexibility index (Phi) is 7.40. The quantitative estimate of drug-likeness (QED) is 0.464. The van der Waals surface area contributed by atoms with Gasteiger partial charge in [-0.05, 0) is 92.3 Å². The highest BCUT2D eigenvalue weighted by Crippen LogP contribution is 2.60. The third-order valence-electron chi connectivity index (χ3n) is 8.61. The molecular formula is C28H44O3. The molecule has 3 fully saturated rings. The van der Waals surface area contributed by atoms with E-state index in [-0.39, 0.29) is 0 Å². The largest absolute Gasteiger partial charge is 0.390 e. The van der Waals surface area contributed by atoms with E-state index in [1.807, 2.05) is 13.8 Å². The maximum Gasteiger partial charge on any atom is 0.102 e. The summed E-state index contributed by atoms with van der Waals surface area (Å²) in [6.45, 7) is 16.6. The van der Waals surface area contributed by atoms with Gasteiger partial charge in [-0.1, -0.05) is 57.6 Å². The van der Waals surface area contributed by atoms with Crippen molar-refractivity contribution in [3.05, 3.63) is 47.6 Å². The van der Waals surface area contributed by atoms with E-state index in [1.165, 1.54) is 37.7 Å². The molecule has 3 nitrogen and oxygen atoms in total. The van der Waals surface area contributed by atoms with Gasteiger partial charge < -0.3 is 15.3 Å². The molecule has 3 aliphatic rings. The van der Waals surface area contributed by atoms with Crippen LogP contribution in [0.3, 0.4) is 0 Å². The summed E-state index contributed by atoms with van der Waals surface area (Å²) in [5.41, 5.74) is 3.41. The lowest BCUT2D eigenvalue weighted by atomic mass is 9.60. The SMILES string of the molecule is C=C1/C(=C\C=C2\CCC[C@]3(C)[C@@H]([C@@H](C)CCCC(C)(C)O)CC[C@@H]23)C[C@@H](O)C(=C)[C@@H]1O. The molecule has 3 rings (SSSR count). The van der Waals surface area contributed by atoms with Gasteiger partial charge in [0.05, 0.1) is 11.7 Å². The van der Waals surface area contributed by atoms with Gasteiger partial charge in [0.25, 0.3) is 0 Å². The Morgan fingerprint density at radius 3 is 2.58 bits per heavy atom. The summed E-state index contributed by atoms with van der Waals surface area (Å²) in [5, 5.41) is 30.5. The van der Waals surface area contributed by atoms with Crippen LogP contribution >= 0.6 is 0 Å². The molecule has 0 bridgehead atoms. The molecule has 0 radical (unpaired) electrons. The van der Waals surface area contributed by atoms with Gasteiger partial charge in [-0.15, -0.1) is 0 Å².